The molecule has 0 saturated heterocycles. The average Bonchev–Trinajstić information content (AvgIpc) is 3.46. The number of hydrogen-bond acceptors (Lipinski definition) is 8. The maximum absolute atomic E-state index is 12.7. The van der Waals surface area contributed by atoms with Crippen LogP contribution in [0.15, 0.2) is 106 Å². The number of anilines is 2. The molecule has 0 fully saturated rings. The summed E-state index contributed by atoms with van der Waals surface area (Å²) in [6, 6.07) is 26.8. The molecule has 5 rings (SSSR count). The van der Waals surface area contributed by atoms with Crippen molar-refractivity contribution in [3.63, 3.8) is 0 Å². The number of amides is 1. The lowest BCUT2D eigenvalue weighted by atomic mass is 10.1. The van der Waals surface area contributed by atoms with Crippen molar-refractivity contribution in [2.75, 3.05) is 5.32 Å². The molecule has 5 aromatic rings. The van der Waals surface area contributed by atoms with E-state index in [4.69, 9.17) is 4.74 Å². The van der Waals surface area contributed by atoms with Crippen LogP contribution in [0.2, 0.25) is 0 Å². The Labute approximate surface area is 254 Å². The summed E-state index contributed by atoms with van der Waals surface area (Å²) in [5.74, 6) is 0.180. The van der Waals surface area contributed by atoms with Gasteiger partial charge in [-0.2, -0.15) is 5.10 Å². The molecule has 210 valence electrons. The van der Waals surface area contributed by atoms with E-state index in [2.05, 4.69) is 36.8 Å². The lowest BCUT2D eigenvalue weighted by Crippen LogP contribution is -2.17. The molecule has 0 spiro atoms. The molecule has 1 aromatic heterocycles. The third-order valence-electron chi connectivity index (χ3n) is 6.13. The Morgan fingerprint density at radius 1 is 1.05 bits per heavy atom. The van der Waals surface area contributed by atoms with Gasteiger partial charge in [-0.1, -0.05) is 45.8 Å². The number of aryl methyl sites for hydroxylation is 1. The van der Waals surface area contributed by atoms with E-state index < -0.39 is 4.92 Å². The summed E-state index contributed by atoms with van der Waals surface area (Å²) in [6.07, 6.45) is 1.50. The lowest BCUT2D eigenvalue weighted by molar-refractivity contribution is -0.384. The number of carbonyl (C=O) groups is 1. The smallest absolute Gasteiger partial charge is 0.271 e. The van der Waals surface area contributed by atoms with Crippen LogP contribution < -0.4 is 15.5 Å². The molecule has 42 heavy (non-hydrogen) atoms. The SMILES string of the molecule is Cc1ccc(Nc2nc(-c3ccc(C(=O)N/N=C\c4cc(Br)ccc4OCc4ccc([N+](=O)[O-])cc4)cc3)cs2)cc1. The van der Waals surface area contributed by atoms with Gasteiger partial charge < -0.3 is 10.1 Å². The van der Waals surface area contributed by atoms with Crippen LogP contribution in [0.3, 0.4) is 0 Å². The lowest BCUT2D eigenvalue weighted by Gasteiger charge is -2.10. The predicted molar refractivity (Wildman–Crippen MR) is 169 cm³/mol. The number of nitrogens with one attached hydrogen (secondary N) is 2. The van der Waals surface area contributed by atoms with Crippen LogP contribution in [0.1, 0.15) is 27.0 Å². The first-order chi connectivity index (χ1) is 20.3. The number of hydrogen-bond donors (Lipinski definition) is 2. The molecule has 1 heterocycles. The molecule has 2 N–H and O–H groups in total. The van der Waals surface area contributed by atoms with Gasteiger partial charge in [-0.15, -0.1) is 11.3 Å². The highest BCUT2D eigenvalue weighted by atomic mass is 79.9. The topological polar surface area (TPSA) is 119 Å². The number of hydrazone groups is 1. The minimum atomic E-state index is -0.446. The molecule has 0 bridgehead atoms. The van der Waals surface area contributed by atoms with Gasteiger partial charge in [-0.3, -0.25) is 14.9 Å². The summed E-state index contributed by atoms with van der Waals surface area (Å²) in [5.41, 5.74) is 8.31. The number of benzene rings is 4. The van der Waals surface area contributed by atoms with Crippen LogP contribution in [0.25, 0.3) is 11.3 Å². The monoisotopic (exact) mass is 641 g/mol. The highest BCUT2D eigenvalue weighted by Crippen LogP contribution is 2.28. The first-order valence-corrected chi connectivity index (χ1v) is 14.4. The number of ether oxygens (including phenoxy) is 1. The van der Waals surface area contributed by atoms with Crippen molar-refractivity contribution in [2.24, 2.45) is 5.10 Å². The summed E-state index contributed by atoms with van der Waals surface area (Å²) < 4.78 is 6.72. The van der Waals surface area contributed by atoms with Gasteiger partial charge in [-0.05, 0) is 67.1 Å². The molecule has 0 aliphatic heterocycles. The van der Waals surface area contributed by atoms with Gasteiger partial charge in [0.25, 0.3) is 11.6 Å². The molecule has 0 atom stereocenters. The predicted octanol–water partition coefficient (Wildman–Crippen LogP) is 7.88. The number of non-ortho nitro benzene ring substituents is 1. The summed E-state index contributed by atoms with van der Waals surface area (Å²) >= 11 is 4.95. The van der Waals surface area contributed by atoms with Crippen molar-refractivity contribution in [1.82, 2.24) is 10.4 Å². The van der Waals surface area contributed by atoms with Gasteiger partial charge in [-0.25, -0.2) is 10.4 Å². The average molecular weight is 643 g/mol. The van der Waals surface area contributed by atoms with Crippen molar-refractivity contribution < 1.29 is 14.5 Å². The third kappa shape index (κ3) is 7.45. The van der Waals surface area contributed by atoms with Crippen LogP contribution in [-0.4, -0.2) is 22.0 Å². The Morgan fingerprint density at radius 2 is 1.79 bits per heavy atom. The second-order valence-electron chi connectivity index (χ2n) is 9.20. The summed E-state index contributed by atoms with van der Waals surface area (Å²) in [5, 5.41) is 21.0. The summed E-state index contributed by atoms with van der Waals surface area (Å²) in [4.78, 5) is 27.8. The quantitative estimate of drug-likeness (QED) is 0.0909. The van der Waals surface area contributed by atoms with E-state index in [-0.39, 0.29) is 18.2 Å². The molecule has 0 aliphatic rings. The van der Waals surface area contributed by atoms with Crippen LogP contribution in [-0.2, 0) is 6.61 Å². The molecule has 11 heteroatoms. The second kappa shape index (κ2) is 13.2. The van der Waals surface area contributed by atoms with Gasteiger partial charge >= 0.3 is 0 Å². The molecule has 4 aromatic carbocycles. The van der Waals surface area contributed by atoms with E-state index in [0.29, 0.717) is 16.9 Å². The molecule has 0 radical (unpaired) electrons. The van der Waals surface area contributed by atoms with Crippen LogP contribution in [0, 0.1) is 17.0 Å². The second-order valence-corrected chi connectivity index (χ2v) is 11.0. The number of thiazole rings is 1. The van der Waals surface area contributed by atoms with Gasteiger partial charge in [0.05, 0.1) is 16.8 Å². The number of nitro benzene ring substituents is 1. The van der Waals surface area contributed by atoms with Crippen LogP contribution in [0.4, 0.5) is 16.5 Å². The Kier molecular flexibility index (Phi) is 9.00. The molecule has 1 amide bonds. The number of aromatic nitrogens is 1. The summed E-state index contributed by atoms with van der Waals surface area (Å²) in [7, 11) is 0. The molecular formula is C31H24BrN5O4S. The fraction of sp³-hybridized carbons (Fsp3) is 0.0645. The third-order valence-corrected chi connectivity index (χ3v) is 7.38. The maximum Gasteiger partial charge on any atom is 0.271 e. The number of nitrogens with zero attached hydrogens (tertiary/aromatic N) is 3. The zero-order valence-electron chi connectivity index (χ0n) is 22.3. The van der Waals surface area contributed by atoms with Crippen molar-refractivity contribution in [2.45, 2.75) is 13.5 Å². The standard InChI is InChI=1S/C31H24BrN5O4S/c1-20-2-11-26(12-3-20)34-31-35-28(19-42-31)22-6-8-23(9-7-22)30(38)36-33-17-24-16-25(32)10-15-29(24)41-18-21-4-13-27(14-5-21)37(39)40/h2-17,19H,18H2,1H3,(H,34,35)(H,36,38)/b33-17-. The van der Waals surface area contributed by atoms with E-state index in [1.807, 2.05) is 60.8 Å². The summed E-state index contributed by atoms with van der Waals surface area (Å²) in [6.45, 7) is 2.26. The fourth-order valence-corrected chi connectivity index (χ4v) is 4.99. The Hall–Kier alpha value is -4.87. The van der Waals surface area contributed by atoms with Crippen molar-refractivity contribution in [3.8, 4) is 17.0 Å². The largest absolute Gasteiger partial charge is 0.488 e. The van der Waals surface area contributed by atoms with Crippen molar-refractivity contribution in [1.29, 1.82) is 0 Å². The Bertz CT molecular complexity index is 1740. The molecule has 9 nitrogen and oxygen atoms in total. The van der Waals surface area contributed by atoms with E-state index in [1.165, 1.54) is 35.2 Å². The molecule has 0 saturated carbocycles. The van der Waals surface area contributed by atoms with Gasteiger partial charge in [0.2, 0.25) is 0 Å². The van der Waals surface area contributed by atoms with Gasteiger partial charge in [0.15, 0.2) is 5.13 Å². The number of rotatable bonds is 10. The fourth-order valence-electron chi connectivity index (χ4n) is 3.87. The zero-order valence-corrected chi connectivity index (χ0v) is 24.7. The zero-order chi connectivity index (χ0) is 29.5. The highest BCUT2D eigenvalue weighted by molar-refractivity contribution is 9.10. The Balaban J connectivity index is 1.19. The van der Waals surface area contributed by atoms with E-state index in [9.17, 15) is 14.9 Å². The van der Waals surface area contributed by atoms with Crippen molar-refractivity contribution >= 4 is 55.9 Å². The van der Waals surface area contributed by atoms with E-state index in [1.54, 1.807) is 30.3 Å². The van der Waals surface area contributed by atoms with Gasteiger partial charge in [0.1, 0.15) is 12.4 Å². The van der Waals surface area contributed by atoms with E-state index in [0.717, 1.165) is 32.1 Å². The molecular weight excluding hydrogens is 618 g/mol. The number of carbonyl (C=O) groups excluding carboxylic acids is 1. The Morgan fingerprint density at radius 3 is 2.50 bits per heavy atom. The van der Waals surface area contributed by atoms with Gasteiger partial charge in [0, 0.05) is 44.4 Å². The van der Waals surface area contributed by atoms with Crippen LogP contribution >= 0.6 is 27.3 Å². The van der Waals surface area contributed by atoms with Crippen LogP contribution in [0.5, 0.6) is 5.75 Å². The number of halogens is 1. The first-order valence-electron chi connectivity index (χ1n) is 12.7. The van der Waals surface area contributed by atoms with Crippen molar-refractivity contribution in [3.05, 3.63) is 133 Å². The minimum absolute atomic E-state index is 0.0176. The number of nitro groups is 1. The normalized spacial score (nSPS) is 10.9. The van der Waals surface area contributed by atoms with E-state index >= 15 is 0 Å². The molecule has 0 unspecified atom stereocenters. The highest BCUT2D eigenvalue weighted by Gasteiger charge is 2.10. The maximum atomic E-state index is 12.7. The molecule has 0 aliphatic carbocycles. The first kappa shape index (κ1) is 28.7. The minimum Gasteiger partial charge on any atom is -0.488 e.